The van der Waals surface area contributed by atoms with Crippen LogP contribution in [-0.4, -0.2) is 62.8 Å². The molecule has 0 aliphatic rings. The zero-order chi connectivity index (χ0) is 22.8. The van der Waals surface area contributed by atoms with Gasteiger partial charge in [-0.1, -0.05) is 41.5 Å². The molecule has 0 spiro atoms. The van der Waals surface area contributed by atoms with Gasteiger partial charge in [0.25, 0.3) is 0 Å². The minimum atomic E-state index is -2.43. The molecule has 168 valence electrons. The molecule has 0 aromatic rings. The Kier molecular flexibility index (Phi) is 9.01. The fourth-order valence-electron chi connectivity index (χ4n) is 2.77. The zero-order valence-corrected chi connectivity index (χ0v) is 23.9. The van der Waals surface area contributed by atoms with Crippen molar-refractivity contribution >= 4 is 31.2 Å². The van der Waals surface area contributed by atoms with E-state index in [1.807, 2.05) is 14.1 Å². The van der Waals surface area contributed by atoms with E-state index < -0.39 is 31.2 Å². The Bertz CT molecular complexity index is 507. The highest BCUT2D eigenvalue weighted by molar-refractivity contribution is 6.89. The predicted octanol–water partition coefficient (Wildman–Crippen LogP) is 4.32. The van der Waals surface area contributed by atoms with E-state index in [-0.39, 0.29) is 16.6 Å². The van der Waals surface area contributed by atoms with Gasteiger partial charge in [-0.05, 0) is 55.3 Å². The molecule has 0 saturated heterocycles. The molecule has 0 saturated carbocycles. The van der Waals surface area contributed by atoms with Crippen LogP contribution in [-0.2, 0) is 13.0 Å². The molecule has 28 heavy (non-hydrogen) atoms. The molecule has 0 fully saturated rings. The average molecular weight is 450 g/mol. The standard InChI is InChI=1S/C20H47NO4Si3/c1-19(2,3)26(9,10)24-28(13,25-27(11,12)20(4,5)6)16-14-15-21(7,8)17-18(22)23/h14-17H2,1-13H3. The summed E-state index contributed by atoms with van der Waals surface area (Å²) in [6.45, 7) is 25.8. The molecule has 0 aliphatic carbocycles. The molecule has 0 N–H and O–H groups in total. The van der Waals surface area contributed by atoms with Crippen LogP contribution in [0.1, 0.15) is 48.0 Å². The van der Waals surface area contributed by atoms with Gasteiger partial charge in [0.1, 0.15) is 6.54 Å². The quantitative estimate of drug-likeness (QED) is 0.368. The van der Waals surface area contributed by atoms with Crippen molar-refractivity contribution in [3.63, 3.8) is 0 Å². The topological polar surface area (TPSA) is 58.6 Å². The Hall–Kier alpha value is 0.000649. The second-order valence-corrected chi connectivity index (χ2v) is 25.6. The summed E-state index contributed by atoms with van der Waals surface area (Å²) in [5, 5.41) is 11.3. The first-order valence-corrected chi connectivity index (χ1v) is 18.8. The van der Waals surface area contributed by atoms with Gasteiger partial charge in [0.15, 0.2) is 16.6 Å². The van der Waals surface area contributed by atoms with Crippen molar-refractivity contribution < 1.29 is 22.6 Å². The first-order valence-electron chi connectivity index (χ1n) is 10.5. The molecule has 0 unspecified atom stereocenters. The Morgan fingerprint density at radius 2 is 1.21 bits per heavy atom. The van der Waals surface area contributed by atoms with E-state index in [4.69, 9.17) is 8.23 Å². The van der Waals surface area contributed by atoms with Crippen LogP contribution in [0.15, 0.2) is 0 Å². The molecule has 0 aromatic heterocycles. The van der Waals surface area contributed by atoms with Crippen LogP contribution in [0.3, 0.4) is 0 Å². The monoisotopic (exact) mass is 449 g/mol. The largest absolute Gasteiger partial charge is 0.544 e. The Morgan fingerprint density at radius 3 is 1.50 bits per heavy atom. The average Bonchev–Trinajstić information content (AvgIpc) is 2.31. The maximum Gasteiger partial charge on any atom is 0.314 e. The number of rotatable bonds is 10. The number of likely N-dealkylation sites (N-methyl/N-ethyl adjacent to an activating group) is 1. The van der Waals surface area contributed by atoms with Crippen molar-refractivity contribution in [2.45, 2.75) is 96.8 Å². The highest BCUT2D eigenvalue weighted by Gasteiger charge is 2.50. The van der Waals surface area contributed by atoms with E-state index in [1.165, 1.54) is 0 Å². The van der Waals surface area contributed by atoms with Gasteiger partial charge < -0.3 is 22.6 Å². The number of hydrogen-bond acceptors (Lipinski definition) is 4. The second-order valence-electron chi connectivity index (χ2n) is 12.2. The number of carbonyl (C=O) groups is 1. The molecule has 5 nitrogen and oxygen atoms in total. The smallest absolute Gasteiger partial charge is 0.314 e. The van der Waals surface area contributed by atoms with Crippen molar-refractivity contribution in [1.82, 2.24) is 0 Å². The SMILES string of the molecule is CC(C)(C)[Si](C)(C)O[Si](C)(CCC[N+](C)(C)CC(=O)[O-])O[Si](C)(C)C(C)(C)C. The molecular weight excluding hydrogens is 402 g/mol. The number of nitrogens with zero attached hydrogens (tertiary/aromatic N) is 1. The third-order valence-electron chi connectivity index (χ3n) is 6.51. The van der Waals surface area contributed by atoms with E-state index in [9.17, 15) is 9.90 Å². The summed E-state index contributed by atoms with van der Waals surface area (Å²) in [6, 6.07) is 0.890. The predicted molar refractivity (Wildman–Crippen MR) is 124 cm³/mol. The summed E-state index contributed by atoms with van der Waals surface area (Å²) in [4.78, 5) is 11.0. The molecular formula is C20H47NO4Si3. The molecule has 0 aromatic carbocycles. The third-order valence-corrected chi connectivity index (χ3v) is 22.5. The molecule has 0 aliphatic heterocycles. The fraction of sp³-hybridized carbons (Fsp3) is 0.950. The summed E-state index contributed by atoms with van der Waals surface area (Å²) in [5.41, 5.74) is 0. The Labute approximate surface area is 177 Å². The normalized spacial score (nSPS) is 15.0. The second kappa shape index (κ2) is 9.01. The van der Waals surface area contributed by atoms with Crippen LogP contribution in [0.2, 0.25) is 48.9 Å². The van der Waals surface area contributed by atoms with Crippen LogP contribution in [0.4, 0.5) is 0 Å². The lowest BCUT2D eigenvalue weighted by atomic mass is 10.2. The van der Waals surface area contributed by atoms with Crippen LogP contribution in [0.5, 0.6) is 0 Å². The van der Waals surface area contributed by atoms with Crippen molar-refractivity contribution in [3.05, 3.63) is 0 Å². The lowest BCUT2D eigenvalue weighted by Crippen LogP contribution is -2.59. The van der Waals surface area contributed by atoms with Crippen molar-refractivity contribution in [2.24, 2.45) is 0 Å². The summed E-state index contributed by atoms with van der Waals surface area (Å²) in [5.74, 6) is -1.000. The number of aliphatic carboxylic acids is 1. The molecule has 0 amide bonds. The van der Waals surface area contributed by atoms with Crippen molar-refractivity contribution in [3.8, 4) is 0 Å². The maximum atomic E-state index is 11.0. The summed E-state index contributed by atoms with van der Waals surface area (Å²) in [7, 11) is -2.49. The molecule has 0 bridgehead atoms. The minimum absolute atomic E-state index is 0.0322. The molecule has 0 heterocycles. The lowest BCUT2D eigenvalue weighted by molar-refractivity contribution is -0.884. The van der Waals surface area contributed by atoms with Gasteiger partial charge in [0, 0.05) is 0 Å². The van der Waals surface area contributed by atoms with Crippen molar-refractivity contribution in [2.75, 3.05) is 27.2 Å². The summed E-state index contributed by atoms with van der Waals surface area (Å²) >= 11 is 0. The first-order chi connectivity index (χ1) is 12.0. The zero-order valence-electron chi connectivity index (χ0n) is 20.9. The lowest BCUT2D eigenvalue weighted by Gasteiger charge is -2.48. The van der Waals surface area contributed by atoms with Gasteiger partial charge in [-0.3, -0.25) is 0 Å². The van der Waals surface area contributed by atoms with Gasteiger partial charge in [-0.25, -0.2) is 0 Å². The number of hydrogen-bond donors (Lipinski definition) is 0. The summed E-state index contributed by atoms with van der Waals surface area (Å²) < 4.78 is 14.4. The third kappa shape index (κ3) is 8.79. The highest BCUT2D eigenvalue weighted by Crippen LogP contribution is 2.43. The number of quaternary nitrogens is 1. The van der Waals surface area contributed by atoms with E-state index >= 15 is 0 Å². The van der Waals surface area contributed by atoms with Crippen LogP contribution in [0, 0.1) is 0 Å². The van der Waals surface area contributed by atoms with Gasteiger partial charge in [0.05, 0.1) is 26.6 Å². The fourth-order valence-corrected chi connectivity index (χ4v) is 16.0. The maximum absolute atomic E-state index is 11.0. The first kappa shape index (κ1) is 28.0. The van der Waals surface area contributed by atoms with Gasteiger partial charge >= 0.3 is 8.56 Å². The van der Waals surface area contributed by atoms with Crippen LogP contribution in [0.25, 0.3) is 0 Å². The van der Waals surface area contributed by atoms with E-state index in [2.05, 4.69) is 74.3 Å². The van der Waals surface area contributed by atoms with Crippen LogP contribution >= 0.6 is 0 Å². The molecule has 0 radical (unpaired) electrons. The number of carboxylic acid groups (broad SMARTS) is 1. The van der Waals surface area contributed by atoms with Crippen LogP contribution < -0.4 is 5.11 Å². The molecule has 8 heteroatoms. The van der Waals surface area contributed by atoms with E-state index in [1.54, 1.807) is 0 Å². The molecule has 0 rings (SSSR count). The van der Waals surface area contributed by atoms with Gasteiger partial charge in [-0.15, -0.1) is 0 Å². The number of carbonyl (C=O) groups excluding carboxylic acids is 1. The van der Waals surface area contributed by atoms with Crippen molar-refractivity contribution in [1.29, 1.82) is 0 Å². The highest BCUT2D eigenvalue weighted by atomic mass is 28.5. The van der Waals surface area contributed by atoms with Gasteiger partial charge in [0.2, 0.25) is 0 Å². The summed E-state index contributed by atoms with van der Waals surface area (Å²) in [6.07, 6.45) is 0.895. The van der Waals surface area contributed by atoms with Gasteiger partial charge in [-0.2, -0.15) is 0 Å². The Balaban J connectivity index is 5.54. The Morgan fingerprint density at radius 1 is 0.857 bits per heavy atom. The van der Waals surface area contributed by atoms with E-state index in [0.717, 1.165) is 19.0 Å². The molecule has 0 atom stereocenters. The minimum Gasteiger partial charge on any atom is -0.544 e. The number of carboxylic acids is 1. The van der Waals surface area contributed by atoms with E-state index in [0.29, 0.717) is 4.48 Å².